The van der Waals surface area contributed by atoms with E-state index in [1.807, 2.05) is 4.72 Å². The van der Waals surface area contributed by atoms with E-state index in [9.17, 15) is 26.0 Å². The molecule has 0 radical (unpaired) electrons. The fraction of sp³-hybridized carbons (Fsp3) is 0.417. The second-order valence-corrected chi connectivity index (χ2v) is 8.74. The van der Waals surface area contributed by atoms with Crippen LogP contribution in [-0.2, 0) is 24.7 Å². The van der Waals surface area contributed by atoms with Gasteiger partial charge in [-0.15, -0.1) is 0 Å². The van der Waals surface area contributed by atoms with Crippen molar-refractivity contribution < 1.29 is 31.1 Å². The lowest BCUT2D eigenvalue weighted by atomic mass is 10.1. The molecule has 0 saturated heterocycles. The molecule has 7 nitrogen and oxygen atoms in total. The van der Waals surface area contributed by atoms with Gasteiger partial charge < -0.3 is 5.11 Å². The number of sulfone groups is 1. The third kappa shape index (κ3) is 4.24. The molecule has 124 valence electrons. The number of aliphatic carboxylic acids is 1. The van der Waals surface area contributed by atoms with Crippen LogP contribution >= 0.6 is 0 Å². The number of sulfonamides is 1. The number of hydrogen-bond acceptors (Lipinski definition) is 5. The number of halogens is 1. The van der Waals surface area contributed by atoms with Gasteiger partial charge in [0.25, 0.3) is 0 Å². The number of carbonyl (C=O) groups is 1. The Morgan fingerprint density at radius 1 is 1.23 bits per heavy atom. The van der Waals surface area contributed by atoms with Crippen LogP contribution in [-0.4, -0.2) is 40.2 Å². The van der Waals surface area contributed by atoms with Crippen LogP contribution in [0.4, 0.5) is 4.39 Å². The third-order valence-corrected chi connectivity index (χ3v) is 5.40. The molecule has 1 rings (SSSR count). The quantitative estimate of drug-likeness (QED) is 0.774. The largest absolute Gasteiger partial charge is 0.480 e. The fourth-order valence-corrected chi connectivity index (χ4v) is 3.73. The standard InChI is InChI=1S/C12H16FNO6S2/c1-7(2)11(12(15)16)14-22(19,20)8-4-5-10(9(13)6-8)21(3,17)18/h4-7,11,14H,1-3H3,(H,15,16). The van der Waals surface area contributed by atoms with E-state index in [4.69, 9.17) is 5.11 Å². The Morgan fingerprint density at radius 2 is 1.77 bits per heavy atom. The average molecular weight is 353 g/mol. The predicted octanol–water partition coefficient (Wildman–Crippen LogP) is 0.617. The highest BCUT2D eigenvalue weighted by Gasteiger charge is 2.29. The molecule has 1 atom stereocenters. The van der Waals surface area contributed by atoms with Crippen molar-refractivity contribution in [1.82, 2.24) is 4.72 Å². The Labute approximate surface area is 128 Å². The van der Waals surface area contributed by atoms with Crippen LogP contribution in [0.3, 0.4) is 0 Å². The molecule has 0 saturated carbocycles. The van der Waals surface area contributed by atoms with Crippen molar-refractivity contribution in [2.45, 2.75) is 29.7 Å². The van der Waals surface area contributed by atoms with Crippen LogP contribution in [0.2, 0.25) is 0 Å². The summed E-state index contributed by atoms with van der Waals surface area (Å²) in [6.07, 6.45) is 0.789. The number of nitrogens with one attached hydrogen (secondary N) is 1. The van der Waals surface area contributed by atoms with E-state index in [1.165, 1.54) is 13.8 Å². The first-order chi connectivity index (χ1) is 9.86. The molecule has 0 heterocycles. The molecule has 0 spiro atoms. The number of hydrogen-bond donors (Lipinski definition) is 2. The van der Waals surface area contributed by atoms with E-state index < -0.39 is 53.4 Å². The van der Waals surface area contributed by atoms with Gasteiger partial charge in [-0.1, -0.05) is 13.8 Å². The maximum absolute atomic E-state index is 13.7. The summed E-state index contributed by atoms with van der Waals surface area (Å²) in [6.45, 7) is 3.02. The van der Waals surface area contributed by atoms with E-state index in [0.717, 1.165) is 18.4 Å². The summed E-state index contributed by atoms with van der Waals surface area (Å²) in [5.41, 5.74) is 0. The zero-order valence-corrected chi connectivity index (χ0v) is 13.7. The lowest BCUT2D eigenvalue weighted by Gasteiger charge is -2.18. The topological polar surface area (TPSA) is 118 Å². The monoisotopic (exact) mass is 353 g/mol. The lowest BCUT2D eigenvalue weighted by molar-refractivity contribution is -0.140. The van der Waals surface area contributed by atoms with Gasteiger partial charge >= 0.3 is 5.97 Å². The van der Waals surface area contributed by atoms with Gasteiger partial charge in [-0.2, -0.15) is 4.72 Å². The summed E-state index contributed by atoms with van der Waals surface area (Å²) in [7, 11) is -8.13. The predicted molar refractivity (Wildman–Crippen MR) is 76.1 cm³/mol. The minimum Gasteiger partial charge on any atom is -0.480 e. The molecule has 0 aliphatic carbocycles. The molecule has 0 aromatic heterocycles. The molecule has 0 aliphatic rings. The molecular formula is C12H16FNO6S2. The van der Waals surface area contributed by atoms with Crippen LogP contribution in [0.1, 0.15) is 13.8 Å². The van der Waals surface area contributed by atoms with E-state index in [1.54, 1.807) is 0 Å². The normalized spacial score (nSPS) is 14.0. The van der Waals surface area contributed by atoms with Crippen LogP contribution in [0.25, 0.3) is 0 Å². The Balaban J connectivity index is 3.25. The molecule has 22 heavy (non-hydrogen) atoms. The Morgan fingerprint density at radius 3 is 2.14 bits per heavy atom. The number of rotatable bonds is 6. The minimum absolute atomic E-state index is 0.535. The molecule has 0 aliphatic heterocycles. The zero-order chi connectivity index (χ0) is 17.3. The Bertz CT molecular complexity index is 786. The molecule has 10 heteroatoms. The van der Waals surface area contributed by atoms with E-state index in [2.05, 4.69) is 0 Å². The Kier molecular flexibility index (Phi) is 5.31. The van der Waals surface area contributed by atoms with Gasteiger partial charge in [0.15, 0.2) is 9.84 Å². The van der Waals surface area contributed by atoms with Crippen molar-refractivity contribution >= 4 is 25.8 Å². The van der Waals surface area contributed by atoms with Crippen LogP contribution in [0.15, 0.2) is 28.0 Å². The van der Waals surface area contributed by atoms with Gasteiger partial charge in [0.1, 0.15) is 16.8 Å². The fourth-order valence-electron chi connectivity index (χ4n) is 1.66. The van der Waals surface area contributed by atoms with Crippen LogP contribution in [0.5, 0.6) is 0 Å². The molecule has 0 fully saturated rings. The molecule has 2 N–H and O–H groups in total. The van der Waals surface area contributed by atoms with Gasteiger partial charge in [-0.05, 0) is 24.1 Å². The van der Waals surface area contributed by atoms with E-state index >= 15 is 0 Å². The first-order valence-corrected chi connectivity index (χ1v) is 9.48. The molecule has 0 amide bonds. The zero-order valence-electron chi connectivity index (χ0n) is 12.1. The summed E-state index contributed by atoms with van der Waals surface area (Å²) < 4.78 is 62.4. The summed E-state index contributed by atoms with van der Waals surface area (Å²) in [4.78, 5) is 9.84. The maximum Gasteiger partial charge on any atom is 0.322 e. The van der Waals surface area contributed by atoms with Gasteiger partial charge in [0, 0.05) is 6.26 Å². The summed E-state index contributed by atoms with van der Waals surface area (Å²) in [6, 6.07) is 0.881. The third-order valence-electron chi connectivity index (χ3n) is 2.83. The summed E-state index contributed by atoms with van der Waals surface area (Å²) in [5.74, 6) is -3.12. The molecule has 1 unspecified atom stereocenters. The van der Waals surface area contributed by atoms with E-state index in [-0.39, 0.29) is 0 Å². The van der Waals surface area contributed by atoms with Crippen molar-refractivity contribution in [1.29, 1.82) is 0 Å². The molecular weight excluding hydrogens is 337 g/mol. The maximum atomic E-state index is 13.7. The summed E-state index contributed by atoms with van der Waals surface area (Å²) in [5, 5.41) is 8.98. The SMILES string of the molecule is CC(C)C(NS(=O)(=O)c1ccc(S(C)(=O)=O)c(F)c1)C(=O)O. The van der Waals surface area contributed by atoms with Crippen molar-refractivity contribution in [2.24, 2.45) is 5.92 Å². The smallest absolute Gasteiger partial charge is 0.322 e. The van der Waals surface area contributed by atoms with Crippen molar-refractivity contribution in [2.75, 3.05) is 6.26 Å². The summed E-state index contributed by atoms with van der Waals surface area (Å²) >= 11 is 0. The average Bonchev–Trinajstić information content (AvgIpc) is 2.33. The molecule has 1 aromatic carbocycles. The highest BCUT2D eigenvalue weighted by molar-refractivity contribution is 7.90. The number of benzene rings is 1. The molecule has 1 aromatic rings. The first kappa shape index (κ1) is 18.5. The van der Waals surface area contributed by atoms with Crippen molar-refractivity contribution in [3.63, 3.8) is 0 Å². The van der Waals surface area contributed by atoms with Gasteiger partial charge in [0.05, 0.1) is 4.90 Å². The van der Waals surface area contributed by atoms with Gasteiger partial charge in [-0.25, -0.2) is 21.2 Å². The Hall–Kier alpha value is -1.52. The minimum atomic E-state index is -4.30. The van der Waals surface area contributed by atoms with Crippen molar-refractivity contribution in [3.8, 4) is 0 Å². The first-order valence-electron chi connectivity index (χ1n) is 6.11. The molecule has 0 bridgehead atoms. The van der Waals surface area contributed by atoms with E-state index in [0.29, 0.717) is 6.07 Å². The highest BCUT2D eigenvalue weighted by Crippen LogP contribution is 2.19. The second-order valence-electron chi connectivity index (χ2n) is 5.05. The van der Waals surface area contributed by atoms with Crippen LogP contribution < -0.4 is 4.72 Å². The van der Waals surface area contributed by atoms with Crippen molar-refractivity contribution in [3.05, 3.63) is 24.0 Å². The highest BCUT2D eigenvalue weighted by atomic mass is 32.2. The van der Waals surface area contributed by atoms with Gasteiger partial charge in [-0.3, -0.25) is 4.79 Å². The lowest BCUT2D eigenvalue weighted by Crippen LogP contribution is -2.44. The second kappa shape index (κ2) is 6.31. The van der Waals surface area contributed by atoms with Crippen LogP contribution in [0, 0.1) is 11.7 Å². The van der Waals surface area contributed by atoms with Gasteiger partial charge in [0.2, 0.25) is 10.0 Å². The number of carboxylic acid groups (broad SMARTS) is 1. The number of carboxylic acids is 1.